The Labute approximate surface area is 488 Å². The number of carbonyl (C=O) groups excluding carboxylic acids is 6. The van der Waals surface area contributed by atoms with Crippen LogP contribution in [-0.2, 0) is 36.7 Å². The number of benzene rings is 2. The number of β-amino-alcohol motifs (C(OH)–C–C–N with tert-alkyl or cyclic N) is 1. The van der Waals surface area contributed by atoms with Gasteiger partial charge >= 0.3 is 6.18 Å². The average molecular weight is 1190 g/mol. The Bertz CT molecular complexity index is 3260. The summed E-state index contributed by atoms with van der Waals surface area (Å²) in [5, 5.41) is 21.7. The maximum absolute atomic E-state index is 16.2. The number of likely N-dealkylation sites (N-methyl/N-ethyl adjacent to an activating group) is 1. The lowest BCUT2D eigenvalue weighted by molar-refractivity contribution is -0.144. The van der Waals surface area contributed by atoms with Crippen molar-refractivity contribution in [2.24, 2.45) is 5.41 Å². The number of amides is 6. The van der Waals surface area contributed by atoms with Crippen molar-refractivity contribution in [3.63, 3.8) is 0 Å². The molecule has 0 saturated carbocycles. The Morgan fingerprint density at radius 1 is 0.845 bits per heavy atom. The van der Waals surface area contributed by atoms with Crippen LogP contribution in [0.25, 0.3) is 21.6 Å². The Kier molecular flexibility index (Phi) is 19.6. The molecule has 5 atom stereocenters. The van der Waals surface area contributed by atoms with E-state index in [1.54, 1.807) is 54.7 Å². The number of nitrogens with one attached hydrogen (secondary N) is 5. The van der Waals surface area contributed by atoms with E-state index in [1.165, 1.54) is 23.2 Å². The minimum atomic E-state index is -5.01. The number of pyridine rings is 2. The van der Waals surface area contributed by atoms with Crippen LogP contribution in [0.5, 0.6) is 0 Å². The van der Waals surface area contributed by atoms with Gasteiger partial charge in [0.15, 0.2) is 0 Å². The van der Waals surface area contributed by atoms with E-state index in [2.05, 4.69) is 41.1 Å². The van der Waals surface area contributed by atoms with Crippen molar-refractivity contribution < 1.29 is 51.4 Å². The smallest absolute Gasteiger partial charge is 0.391 e. The Morgan fingerprint density at radius 2 is 1.54 bits per heavy atom. The minimum absolute atomic E-state index is 0.0154. The third kappa shape index (κ3) is 15.1. The maximum Gasteiger partial charge on any atom is 0.417 e. The molecule has 3 fully saturated rings. The molecule has 3 aliphatic rings. The molecule has 2 aromatic carbocycles. The van der Waals surface area contributed by atoms with E-state index in [1.807, 2.05) is 61.9 Å². The van der Waals surface area contributed by atoms with E-state index in [0.717, 1.165) is 21.7 Å². The van der Waals surface area contributed by atoms with Gasteiger partial charge in [0.1, 0.15) is 23.7 Å². The molecule has 5 aromatic rings. The molecule has 0 radical (unpaired) electrons. The van der Waals surface area contributed by atoms with Crippen molar-refractivity contribution in [1.82, 2.24) is 45.6 Å². The number of likely N-dealkylation sites (tertiary alicyclic amines) is 1. The number of aromatic nitrogens is 3. The molecule has 0 spiro atoms. The van der Waals surface area contributed by atoms with Crippen LogP contribution in [-0.4, -0.2) is 160 Å². The number of aliphatic hydroxyl groups is 1. The SMILES string of the molecule is Cc1ncsc1-c1ccc(CNC(=O)[C@@H]2C[C@@H](O)CN2C(=O)[C@@H](NC(=O)CCCNC(=O)CCC(=O)N2CCN(c3ccc(-c4cc(NC(=O)c5c[nH]c(=O)cc5C(F)(F)F)c(N5C[C@@H](C)N(C)[C@@H](C)C5)cc4F)cn3)CC2)C(C)(C)C)cc1. The monoisotopic (exact) mass is 1180 g/mol. The molecule has 0 bridgehead atoms. The average Bonchev–Trinajstić information content (AvgIpc) is 2.59. The Hall–Kier alpha value is -7.77. The lowest BCUT2D eigenvalue weighted by Crippen LogP contribution is -2.57. The van der Waals surface area contributed by atoms with Crippen LogP contribution in [0.4, 0.5) is 34.8 Å². The Morgan fingerprint density at radius 3 is 2.17 bits per heavy atom. The number of aliphatic hydroxyl groups excluding tert-OH is 1. The Balaban J connectivity index is 0.786. The van der Waals surface area contributed by atoms with E-state index in [4.69, 9.17) is 0 Å². The quantitative estimate of drug-likeness (QED) is 0.0440. The van der Waals surface area contributed by atoms with Crippen LogP contribution >= 0.6 is 11.3 Å². The first kappa shape index (κ1) is 62.3. The first-order valence-corrected chi connectivity index (χ1v) is 28.9. The molecule has 25 heteroatoms. The maximum atomic E-state index is 16.2. The zero-order valence-corrected chi connectivity index (χ0v) is 48.9. The summed E-state index contributed by atoms with van der Waals surface area (Å²) < 4.78 is 58.2. The third-order valence-corrected chi connectivity index (χ3v) is 16.7. The van der Waals surface area contributed by atoms with Gasteiger partial charge in [-0.15, -0.1) is 11.3 Å². The zero-order chi connectivity index (χ0) is 60.8. The van der Waals surface area contributed by atoms with Crippen molar-refractivity contribution in [2.45, 2.75) is 117 Å². The number of aromatic amines is 1. The van der Waals surface area contributed by atoms with Gasteiger partial charge in [0.05, 0.1) is 44.7 Å². The number of alkyl halides is 3. The van der Waals surface area contributed by atoms with Crippen LogP contribution in [0, 0.1) is 18.2 Å². The summed E-state index contributed by atoms with van der Waals surface area (Å²) in [6, 6.07) is 12.1. The molecule has 0 aliphatic carbocycles. The number of anilines is 3. The van der Waals surface area contributed by atoms with Crippen molar-refractivity contribution in [1.29, 1.82) is 0 Å². The molecule has 3 aliphatic heterocycles. The summed E-state index contributed by atoms with van der Waals surface area (Å²) >= 11 is 1.55. The van der Waals surface area contributed by atoms with Gasteiger partial charge in [-0.2, -0.15) is 13.2 Å². The first-order chi connectivity index (χ1) is 39.7. The van der Waals surface area contributed by atoms with Gasteiger partial charge in [0, 0.05) is 126 Å². The zero-order valence-electron chi connectivity index (χ0n) is 48.1. The van der Waals surface area contributed by atoms with Crippen LogP contribution in [0.2, 0.25) is 0 Å². The highest BCUT2D eigenvalue weighted by Crippen LogP contribution is 2.38. The number of nitrogens with zero attached hydrogens (tertiary/aromatic N) is 7. The number of rotatable bonds is 18. The fraction of sp³-hybridized carbons (Fsp3) is 0.475. The molecule has 3 aromatic heterocycles. The van der Waals surface area contributed by atoms with Gasteiger partial charge in [0.2, 0.25) is 35.1 Å². The summed E-state index contributed by atoms with van der Waals surface area (Å²) in [6.07, 6.45) is -3.64. The molecular formula is C59H72F4N12O8S. The first-order valence-electron chi connectivity index (χ1n) is 28.0. The fourth-order valence-electron chi connectivity index (χ4n) is 10.7. The molecule has 6 heterocycles. The summed E-state index contributed by atoms with van der Waals surface area (Å²) in [5.74, 6) is -3.20. The van der Waals surface area contributed by atoms with E-state index >= 15 is 4.39 Å². The normalized spacial score (nSPS) is 19.0. The van der Waals surface area contributed by atoms with Gasteiger partial charge < -0.3 is 51.0 Å². The molecule has 20 nitrogen and oxygen atoms in total. The number of thiazole rings is 1. The highest BCUT2D eigenvalue weighted by molar-refractivity contribution is 7.13. The number of halogens is 4. The van der Waals surface area contributed by atoms with E-state index in [0.29, 0.717) is 62.9 Å². The molecule has 3 saturated heterocycles. The molecule has 8 rings (SSSR count). The summed E-state index contributed by atoms with van der Waals surface area (Å²) in [5.41, 5.74) is 1.25. The second-order valence-electron chi connectivity index (χ2n) is 22.9. The lowest BCUT2D eigenvalue weighted by atomic mass is 9.85. The van der Waals surface area contributed by atoms with E-state index < -0.39 is 75.9 Å². The standard InChI is InChI=1S/C59H72F4N12O8S/c1-34-30-74(31-35(2)71(34)7)46-26-44(60)41(24-45(46)69-55(81)42-29-66-51(79)25-43(42)59(61,62)63)39-14-15-48(65-28-39)72-19-21-73(22-20-72)52(80)17-16-49(77)64-18-8-9-50(78)70-54(58(4,5)6)57(83)75-32-40(76)23-47(75)56(82)67-27-37-10-12-38(13-11-37)53-36(3)68-33-84-53/h10-15,24-26,28-29,33-35,40,47,54,76H,8-9,16-23,27,30-32H2,1-7H3,(H,64,77)(H,66,79)(H,67,82)(H,69,81)(H,70,78)/t34-,35+,40-,47+,54-/m1/s1. The van der Waals surface area contributed by atoms with Crippen molar-refractivity contribution >= 4 is 64.0 Å². The minimum Gasteiger partial charge on any atom is -0.391 e. The molecule has 450 valence electrons. The predicted molar refractivity (Wildman–Crippen MR) is 310 cm³/mol. The van der Waals surface area contributed by atoms with Crippen LogP contribution in [0.3, 0.4) is 0 Å². The second-order valence-corrected chi connectivity index (χ2v) is 23.7. The highest BCUT2D eigenvalue weighted by Gasteiger charge is 2.45. The van der Waals surface area contributed by atoms with Gasteiger partial charge in [0.25, 0.3) is 5.91 Å². The fourth-order valence-corrected chi connectivity index (χ4v) is 11.5. The number of hydrogen-bond donors (Lipinski definition) is 6. The van der Waals surface area contributed by atoms with Crippen LogP contribution in [0.15, 0.2) is 77.3 Å². The molecule has 6 N–H and O–H groups in total. The third-order valence-electron chi connectivity index (χ3n) is 15.7. The van der Waals surface area contributed by atoms with Gasteiger partial charge in [-0.25, -0.2) is 14.4 Å². The molecular weight excluding hydrogens is 1110 g/mol. The number of piperazine rings is 2. The highest BCUT2D eigenvalue weighted by atomic mass is 32.1. The van der Waals surface area contributed by atoms with Crippen molar-refractivity contribution in [3.05, 3.63) is 111 Å². The lowest BCUT2D eigenvalue weighted by Gasteiger charge is -2.44. The van der Waals surface area contributed by atoms with Gasteiger partial charge in [-0.1, -0.05) is 45.0 Å². The summed E-state index contributed by atoms with van der Waals surface area (Å²) in [7, 11) is 1.96. The molecule has 0 unspecified atom stereocenters. The number of aryl methyl sites for hydroxylation is 1. The molecule has 6 amide bonds. The summed E-state index contributed by atoms with van der Waals surface area (Å²) in [6.45, 7) is 13.9. The second kappa shape index (κ2) is 26.4. The van der Waals surface area contributed by atoms with E-state index in [9.17, 15) is 51.8 Å². The van der Waals surface area contributed by atoms with Gasteiger partial charge in [-0.05, 0) is 75.0 Å². The van der Waals surface area contributed by atoms with Crippen molar-refractivity contribution in [2.75, 3.05) is 74.5 Å². The van der Waals surface area contributed by atoms with Gasteiger partial charge in [-0.3, -0.25) is 38.5 Å². The predicted octanol–water partition coefficient (Wildman–Crippen LogP) is 5.94. The summed E-state index contributed by atoms with van der Waals surface area (Å²) in [4.78, 5) is 113. The largest absolute Gasteiger partial charge is 0.417 e. The van der Waals surface area contributed by atoms with E-state index in [-0.39, 0.29) is 92.6 Å². The van der Waals surface area contributed by atoms with Crippen LogP contribution in [0.1, 0.15) is 93.9 Å². The topological polar surface area (TPSA) is 246 Å². The van der Waals surface area contributed by atoms with Crippen LogP contribution < -0.4 is 36.6 Å². The van der Waals surface area contributed by atoms with Crippen molar-refractivity contribution in [3.8, 4) is 21.6 Å². The molecule has 84 heavy (non-hydrogen) atoms. The number of hydrogen-bond acceptors (Lipinski definition) is 14. The number of H-pyrrole nitrogens is 1. The number of carbonyl (C=O) groups is 6.